The van der Waals surface area contributed by atoms with Crippen molar-refractivity contribution >= 4 is 0 Å². The number of benzene rings is 2. The molecular weight excluding hydrogens is 456 g/mol. The monoisotopic (exact) mass is 482 g/mol. The second kappa shape index (κ2) is 9.32. The Bertz CT molecular complexity index is 1500. The van der Waals surface area contributed by atoms with Crippen LogP contribution >= 0.6 is 0 Å². The molecule has 6 aromatic rings. The van der Waals surface area contributed by atoms with Gasteiger partial charge in [-0.05, 0) is 61.4 Å². The van der Waals surface area contributed by atoms with Gasteiger partial charge in [0, 0.05) is 41.3 Å². The highest BCUT2D eigenvalue weighted by Gasteiger charge is 2.29. The van der Waals surface area contributed by atoms with Crippen LogP contribution in [0.1, 0.15) is 25.2 Å². The largest absolute Gasteiger partial charge is 0.232 e. The standard InChI is InChI=1S/C31H26N6/c1-31(2,27-17-15-25(23-11-5-3-6-12-23)29(34-27)36-21-9-19-32-36)28-18-16-26(24-13-7-4-8-14-24)30(35-28)37-22-10-20-33-37/h3-22H,1-2H3. The third-order valence-corrected chi connectivity index (χ3v) is 6.64. The summed E-state index contributed by atoms with van der Waals surface area (Å²) in [5.74, 6) is 1.57. The van der Waals surface area contributed by atoms with Crippen molar-refractivity contribution in [2.24, 2.45) is 0 Å². The minimum atomic E-state index is -0.478. The van der Waals surface area contributed by atoms with E-state index in [2.05, 4.69) is 72.6 Å². The highest BCUT2D eigenvalue weighted by molar-refractivity contribution is 5.72. The Kier molecular flexibility index (Phi) is 5.69. The molecule has 0 spiro atoms. The van der Waals surface area contributed by atoms with Gasteiger partial charge in [-0.1, -0.05) is 60.7 Å². The number of aromatic nitrogens is 6. The molecule has 0 N–H and O–H groups in total. The molecule has 0 fully saturated rings. The lowest BCUT2D eigenvalue weighted by Crippen LogP contribution is -2.24. The lowest BCUT2D eigenvalue weighted by Gasteiger charge is -2.26. The average Bonchev–Trinajstić information content (AvgIpc) is 3.69. The second-order valence-corrected chi connectivity index (χ2v) is 9.39. The van der Waals surface area contributed by atoms with E-state index in [0.29, 0.717) is 0 Å². The van der Waals surface area contributed by atoms with E-state index in [4.69, 9.17) is 9.97 Å². The summed E-state index contributed by atoms with van der Waals surface area (Å²) in [6.07, 6.45) is 7.39. The molecule has 0 saturated heterocycles. The minimum absolute atomic E-state index is 0.478. The van der Waals surface area contributed by atoms with Crippen LogP contribution in [0.2, 0.25) is 0 Å². The lowest BCUT2D eigenvalue weighted by atomic mass is 9.83. The molecule has 4 heterocycles. The van der Waals surface area contributed by atoms with Crippen molar-refractivity contribution in [3.63, 3.8) is 0 Å². The molecule has 6 nitrogen and oxygen atoms in total. The van der Waals surface area contributed by atoms with Crippen LogP contribution in [0.15, 0.2) is 122 Å². The first-order valence-corrected chi connectivity index (χ1v) is 12.3. The third kappa shape index (κ3) is 4.23. The van der Waals surface area contributed by atoms with Gasteiger partial charge in [-0.15, -0.1) is 0 Å². The highest BCUT2D eigenvalue weighted by Crippen LogP contribution is 2.35. The van der Waals surface area contributed by atoms with Gasteiger partial charge in [0.1, 0.15) is 0 Å². The molecule has 0 aliphatic rings. The zero-order valence-corrected chi connectivity index (χ0v) is 20.7. The van der Waals surface area contributed by atoms with Crippen molar-refractivity contribution in [3.8, 4) is 33.9 Å². The van der Waals surface area contributed by atoms with Crippen molar-refractivity contribution in [2.75, 3.05) is 0 Å². The smallest absolute Gasteiger partial charge is 0.161 e. The summed E-state index contributed by atoms with van der Waals surface area (Å²) in [4.78, 5) is 10.3. The molecule has 0 unspecified atom stereocenters. The molecule has 6 rings (SSSR count). The van der Waals surface area contributed by atoms with E-state index in [1.807, 2.05) is 70.3 Å². The van der Waals surface area contributed by atoms with Gasteiger partial charge in [0.2, 0.25) is 0 Å². The topological polar surface area (TPSA) is 61.4 Å². The molecule has 0 atom stereocenters. The molecule has 4 aromatic heterocycles. The van der Waals surface area contributed by atoms with E-state index in [-0.39, 0.29) is 0 Å². The average molecular weight is 483 g/mol. The minimum Gasteiger partial charge on any atom is -0.232 e. The summed E-state index contributed by atoms with van der Waals surface area (Å²) >= 11 is 0. The number of hydrogen-bond acceptors (Lipinski definition) is 4. The maximum absolute atomic E-state index is 5.15. The summed E-state index contributed by atoms with van der Waals surface area (Å²) in [6.45, 7) is 4.31. The first-order chi connectivity index (χ1) is 18.1. The number of nitrogens with zero attached hydrogens (tertiary/aromatic N) is 6. The summed E-state index contributed by atoms with van der Waals surface area (Å²) < 4.78 is 3.64. The lowest BCUT2D eigenvalue weighted by molar-refractivity contribution is 0.589. The van der Waals surface area contributed by atoms with E-state index in [9.17, 15) is 0 Å². The molecule has 0 amide bonds. The Morgan fingerprint density at radius 1 is 0.514 bits per heavy atom. The van der Waals surface area contributed by atoms with Crippen molar-refractivity contribution in [2.45, 2.75) is 19.3 Å². The van der Waals surface area contributed by atoms with Crippen molar-refractivity contribution in [3.05, 3.63) is 133 Å². The Morgan fingerprint density at radius 2 is 0.946 bits per heavy atom. The van der Waals surface area contributed by atoms with Crippen molar-refractivity contribution < 1.29 is 0 Å². The van der Waals surface area contributed by atoms with Crippen LogP contribution in [0, 0.1) is 0 Å². The van der Waals surface area contributed by atoms with Crippen LogP contribution in [0.3, 0.4) is 0 Å². The second-order valence-electron chi connectivity index (χ2n) is 9.39. The van der Waals surface area contributed by atoms with Gasteiger partial charge in [-0.25, -0.2) is 19.3 Å². The normalized spacial score (nSPS) is 11.5. The van der Waals surface area contributed by atoms with Crippen molar-refractivity contribution in [1.82, 2.24) is 29.5 Å². The zero-order valence-electron chi connectivity index (χ0n) is 20.7. The number of hydrogen-bond donors (Lipinski definition) is 0. The van der Waals surface area contributed by atoms with Crippen LogP contribution in [-0.4, -0.2) is 29.5 Å². The maximum atomic E-state index is 5.15. The molecule has 6 heteroatoms. The van der Waals surface area contributed by atoms with Crippen LogP contribution in [-0.2, 0) is 5.41 Å². The molecule has 0 saturated carbocycles. The molecule has 180 valence electrons. The van der Waals surface area contributed by atoms with Crippen LogP contribution in [0.5, 0.6) is 0 Å². The van der Waals surface area contributed by atoms with Gasteiger partial charge in [-0.3, -0.25) is 0 Å². The Labute approximate surface area is 215 Å². The molecule has 2 aromatic carbocycles. The molecule has 0 aliphatic heterocycles. The van der Waals surface area contributed by atoms with E-state index in [1.54, 1.807) is 12.4 Å². The van der Waals surface area contributed by atoms with Crippen LogP contribution < -0.4 is 0 Å². The van der Waals surface area contributed by atoms with Crippen LogP contribution in [0.25, 0.3) is 33.9 Å². The SMILES string of the molecule is CC(C)(c1ccc(-c2ccccc2)c(-n2cccn2)n1)c1ccc(-c2ccccc2)c(-n2cccn2)n1. The predicted octanol–water partition coefficient (Wildman–Crippen LogP) is 6.51. The summed E-state index contributed by atoms with van der Waals surface area (Å²) in [5.41, 5.74) is 5.57. The molecule has 0 radical (unpaired) electrons. The molecule has 0 aliphatic carbocycles. The van der Waals surface area contributed by atoms with Crippen LogP contribution in [0.4, 0.5) is 0 Å². The Morgan fingerprint density at radius 3 is 1.32 bits per heavy atom. The summed E-state index contributed by atoms with van der Waals surface area (Å²) in [6, 6.07) is 32.8. The first-order valence-electron chi connectivity index (χ1n) is 12.3. The van der Waals surface area contributed by atoms with Gasteiger partial charge in [0.05, 0.1) is 11.4 Å². The predicted molar refractivity (Wildman–Crippen MR) is 146 cm³/mol. The fraction of sp³-hybridized carbons (Fsp3) is 0.0968. The van der Waals surface area contributed by atoms with Gasteiger partial charge in [-0.2, -0.15) is 10.2 Å². The van der Waals surface area contributed by atoms with E-state index < -0.39 is 5.41 Å². The van der Waals surface area contributed by atoms with Gasteiger partial charge < -0.3 is 0 Å². The van der Waals surface area contributed by atoms with Gasteiger partial charge in [0.15, 0.2) is 11.6 Å². The van der Waals surface area contributed by atoms with E-state index >= 15 is 0 Å². The Hall–Kier alpha value is -4.84. The molecule has 37 heavy (non-hydrogen) atoms. The zero-order chi connectivity index (χ0) is 25.2. The maximum Gasteiger partial charge on any atom is 0.161 e. The van der Waals surface area contributed by atoms with Gasteiger partial charge in [0.25, 0.3) is 0 Å². The number of rotatable bonds is 6. The van der Waals surface area contributed by atoms with E-state index in [1.165, 1.54) is 0 Å². The summed E-state index contributed by atoms with van der Waals surface area (Å²) in [5, 5.41) is 8.98. The molecular formula is C31H26N6. The third-order valence-electron chi connectivity index (χ3n) is 6.64. The van der Waals surface area contributed by atoms with E-state index in [0.717, 1.165) is 45.3 Å². The quantitative estimate of drug-likeness (QED) is 0.272. The fourth-order valence-electron chi connectivity index (χ4n) is 4.55. The highest BCUT2D eigenvalue weighted by atomic mass is 15.3. The summed E-state index contributed by atoms with van der Waals surface area (Å²) in [7, 11) is 0. The molecule has 0 bridgehead atoms. The van der Waals surface area contributed by atoms with Crippen molar-refractivity contribution in [1.29, 1.82) is 0 Å². The van der Waals surface area contributed by atoms with Gasteiger partial charge >= 0.3 is 0 Å². The number of pyridine rings is 2. The Balaban J connectivity index is 1.49. The fourth-order valence-corrected chi connectivity index (χ4v) is 4.55. The first kappa shape index (κ1) is 22.6.